The predicted octanol–water partition coefficient (Wildman–Crippen LogP) is 0.308. The number of hydrogen-bond donors (Lipinski definition) is 2. The third-order valence-electron chi connectivity index (χ3n) is 1.60. The van der Waals surface area contributed by atoms with E-state index in [0.717, 1.165) is 12.8 Å². The molecular formula is C5H11NO2S. The zero-order chi connectivity index (χ0) is 6.69. The monoisotopic (exact) mass is 149 g/mol. The first-order chi connectivity index (χ1) is 4.29. The van der Waals surface area contributed by atoms with E-state index in [9.17, 15) is 4.21 Å². The molecule has 54 valence electrons. The van der Waals surface area contributed by atoms with Gasteiger partial charge in [-0.15, -0.1) is 0 Å². The summed E-state index contributed by atoms with van der Waals surface area (Å²) in [6.45, 7) is 0. The molecule has 1 fully saturated rings. The molecule has 4 heteroatoms. The molecule has 1 saturated carbocycles. The molecular weight excluding hydrogens is 138 g/mol. The van der Waals surface area contributed by atoms with Crippen LogP contribution in [0, 0.1) is 0 Å². The van der Waals surface area contributed by atoms with Crippen LogP contribution in [-0.4, -0.2) is 20.7 Å². The van der Waals surface area contributed by atoms with Crippen molar-refractivity contribution in [3.63, 3.8) is 0 Å². The van der Waals surface area contributed by atoms with Gasteiger partial charge in [-0.25, -0.2) is 4.21 Å². The van der Waals surface area contributed by atoms with Crippen molar-refractivity contribution in [3.05, 3.63) is 0 Å². The predicted molar refractivity (Wildman–Crippen MR) is 36.4 cm³/mol. The number of nitrogens with one attached hydrogen (secondary N) is 1. The lowest BCUT2D eigenvalue weighted by atomic mass is 9.94. The van der Waals surface area contributed by atoms with Crippen LogP contribution < -0.4 is 5.32 Å². The topological polar surface area (TPSA) is 49.3 Å². The van der Waals surface area contributed by atoms with Crippen molar-refractivity contribution in [1.82, 2.24) is 5.32 Å². The van der Waals surface area contributed by atoms with Gasteiger partial charge in [0.1, 0.15) is 0 Å². The average Bonchev–Trinajstić information content (AvgIpc) is 1.60. The molecule has 0 saturated heterocycles. The van der Waals surface area contributed by atoms with Gasteiger partial charge in [-0.1, -0.05) is 6.42 Å². The quantitative estimate of drug-likeness (QED) is 0.568. The smallest absolute Gasteiger partial charge is 0.167 e. The molecule has 0 aromatic rings. The van der Waals surface area contributed by atoms with Crippen LogP contribution in [0.4, 0.5) is 0 Å². The number of rotatable bonds is 3. The first-order valence-corrected chi connectivity index (χ1v) is 4.37. The van der Waals surface area contributed by atoms with Gasteiger partial charge in [-0.2, -0.15) is 0 Å². The summed E-state index contributed by atoms with van der Waals surface area (Å²) in [5, 5.41) is 2.97. The maximum atomic E-state index is 10.1. The van der Waals surface area contributed by atoms with Crippen molar-refractivity contribution >= 4 is 11.1 Å². The molecule has 0 amide bonds. The summed E-state index contributed by atoms with van der Waals surface area (Å²) < 4.78 is 18.4. The molecule has 1 rings (SSSR count). The SMILES string of the molecule is O=S(O)CNC1CCC1. The van der Waals surface area contributed by atoms with E-state index in [1.165, 1.54) is 6.42 Å². The zero-order valence-electron chi connectivity index (χ0n) is 5.17. The first-order valence-electron chi connectivity index (χ1n) is 3.10. The summed E-state index contributed by atoms with van der Waals surface area (Å²) in [7, 11) is 0. The summed E-state index contributed by atoms with van der Waals surface area (Å²) in [6, 6.07) is 0.515. The van der Waals surface area contributed by atoms with E-state index >= 15 is 0 Å². The van der Waals surface area contributed by atoms with Crippen molar-refractivity contribution in [3.8, 4) is 0 Å². The normalized spacial score (nSPS) is 23.2. The van der Waals surface area contributed by atoms with Crippen LogP contribution in [0.25, 0.3) is 0 Å². The molecule has 0 heterocycles. The molecule has 0 aromatic heterocycles. The highest BCUT2D eigenvalue weighted by molar-refractivity contribution is 7.79. The zero-order valence-corrected chi connectivity index (χ0v) is 5.99. The highest BCUT2D eigenvalue weighted by Crippen LogP contribution is 2.17. The molecule has 1 unspecified atom stereocenters. The van der Waals surface area contributed by atoms with Crippen LogP contribution in [-0.2, 0) is 11.1 Å². The van der Waals surface area contributed by atoms with E-state index in [0.29, 0.717) is 6.04 Å². The van der Waals surface area contributed by atoms with Gasteiger partial charge >= 0.3 is 0 Å². The van der Waals surface area contributed by atoms with E-state index in [1.807, 2.05) is 0 Å². The van der Waals surface area contributed by atoms with Crippen molar-refractivity contribution in [2.45, 2.75) is 25.3 Å². The van der Waals surface area contributed by atoms with Crippen LogP contribution >= 0.6 is 0 Å². The van der Waals surface area contributed by atoms with Crippen molar-refractivity contribution < 1.29 is 8.76 Å². The molecule has 0 aromatic carbocycles. The van der Waals surface area contributed by atoms with Gasteiger partial charge in [0.05, 0.1) is 5.88 Å². The second-order valence-electron chi connectivity index (χ2n) is 2.30. The molecule has 3 nitrogen and oxygen atoms in total. The van der Waals surface area contributed by atoms with Crippen LogP contribution in [0.5, 0.6) is 0 Å². The Morgan fingerprint density at radius 3 is 2.67 bits per heavy atom. The maximum Gasteiger partial charge on any atom is 0.167 e. The van der Waals surface area contributed by atoms with Crippen LogP contribution in [0.15, 0.2) is 0 Å². The van der Waals surface area contributed by atoms with Gasteiger partial charge < -0.3 is 9.87 Å². The fourth-order valence-corrected chi connectivity index (χ4v) is 1.18. The second kappa shape index (κ2) is 3.29. The Hall–Kier alpha value is 0.0700. The van der Waals surface area contributed by atoms with E-state index in [-0.39, 0.29) is 5.88 Å². The lowest BCUT2D eigenvalue weighted by Crippen LogP contribution is -2.36. The number of hydrogen-bond acceptors (Lipinski definition) is 2. The Labute approximate surface area is 57.1 Å². The Balaban J connectivity index is 1.97. The molecule has 2 N–H and O–H groups in total. The van der Waals surface area contributed by atoms with E-state index in [2.05, 4.69) is 5.32 Å². The Bertz CT molecular complexity index is 114. The molecule has 1 atom stereocenters. The van der Waals surface area contributed by atoms with Crippen LogP contribution in [0.1, 0.15) is 19.3 Å². The van der Waals surface area contributed by atoms with Gasteiger partial charge in [0.15, 0.2) is 11.1 Å². The van der Waals surface area contributed by atoms with E-state index in [4.69, 9.17) is 4.55 Å². The Morgan fingerprint density at radius 2 is 2.33 bits per heavy atom. The lowest BCUT2D eigenvalue weighted by Gasteiger charge is -2.25. The van der Waals surface area contributed by atoms with Gasteiger partial charge in [-0.3, -0.25) is 0 Å². The van der Waals surface area contributed by atoms with Crippen LogP contribution in [0.2, 0.25) is 0 Å². The molecule has 0 spiro atoms. The highest BCUT2D eigenvalue weighted by Gasteiger charge is 2.16. The van der Waals surface area contributed by atoms with E-state index < -0.39 is 11.1 Å². The van der Waals surface area contributed by atoms with Gasteiger partial charge in [0.2, 0.25) is 0 Å². The standard InChI is InChI=1S/C5H11NO2S/c7-9(8)4-6-5-2-1-3-5/h5-6H,1-4H2,(H,7,8). The minimum absolute atomic E-state index is 0.227. The van der Waals surface area contributed by atoms with E-state index in [1.54, 1.807) is 0 Å². The molecule has 0 bridgehead atoms. The Morgan fingerprint density at radius 1 is 1.67 bits per heavy atom. The Kier molecular flexibility index (Phi) is 2.63. The molecule has 0 aliphatic heterocycles. The fourth-order valence-electron chi connectivity index (χ4n) is 0.802. The fraction of sp³-hybridized carbons (Fsp3) is 1.00. The summed E-state index contributed by atoms with van der Waals surface area (Å²) in [5.74, 6) is 0.227. The molecule has 1 aliphatic carbocycles. The third-order valence-corrected chi connectivity index (χ3v) is 2.01. The molecule has 0 radical (unpaired) electrons. The largest absolute Gasteiger partial charge is 0.305 e. The minimum Gasteiger partial charge on any atom is -0.305 e. The van der Waals surface area contributed by atoms with Crippen molar-refractivity contribution in [2.75, 3.05) is 5.88 Å². The average molecular weight is 149 g/mol. The van der Waals surface area contributed by atoms with Gasteiger partial charge in [-0.05, 0) is 12.8 Å². The molecule has 9 heavy (non-hydrogen) atoms. The maximum absolute atomic E-state index is 10.1. The second-order valence-corrected chi connectivity index (χ2v) is 3.23. The summed E-state index contributed by atoms with van der Waals surface area (Å²) in [6.07, 6.45) is 3.59. The lowest BCUT2D eigenvalue weighted by molar-refractivity contribution is 0.354. The van der Waals surface area contributed by atoms with Crippen molar-refractivity contribution in [1.29, 1.82) is 0 Å². The minimum atomic E-state index is -1.66. The summed E-state index contributed by atoms with van der Waals surface area (Å²) in [5.41, 5.74) is 0. The first kappa shape index (κ1) is 7.18. The molecule has 1 aliphatic rings. The van der Waals surface area contributed by atoms with Gasteiger partial charge in [0.25, 0.3) is 0 Å². The third kappa shape index (κ3) is 2.43. The summed E-state index contributed by atoms with van der Waals surface area (Å²) in [4.78, 5) is 0. The van der Waals surface area contributed by atoms with Gasteiger partial charge in [0, 0.05) is 6.04 Å². The highest BCUT2D eigenvalue weighted by atomic mass is 32.2. The van der Waals surface area contributed by atoms with Crippen molar-refractivity contribution in [2.24, 2.45) is 0 Å². The van der Waals surface area contributed by atoms with Crippen LogP contribution in [0.3, 0.4) is 0 Å². The summed E-state index contributed by atoms with van der Waals surface area (Å²) >= 11 is -1.66.